The quantitative estimate of drug-likeness (QED) is 0.496. The number of fused-ring (bicyclic) bond motifs is 1. The number of rotatable bonds is 6. The van der Waals surface area contributed by atoms with E-state index in [-0.39, 0.29) is 29.9 Å². The Hall–Kier alpha value is -3.14. The Labute approximate surface area is 227 Å². The third-order valence-corrected chi connectivity index (χ3v) is 7.10. The molecule has 0 aliphatic carbocycles. The fourth-order valence-electron chi connectivity index (χ4n) is 5.28. The normalized spacial score (nSPS) is 19.9. The van der Waals surface area contributed by atoms with E-state index in [0.717, 1.165) is 35.4 Å². The second-order valence-electron chi connectivity index (χ2n) is 11.8. The third kappa shape index (κ3) is 7.09. The van der Waals surface area contributed by atoms with Gasteiger partial charge in [-0.15, -0.1) is 0 Å². The summed E-state index contributed by atoms with van der Waals surface area (Å²) in [6.07, 6.45) is -2.32. The highest BCUT2D eigenvalue weighted by molar-refractivity contribution is 5.94. The number of halogens is 3. The molecule has 1 fully saturated rings. The molecule has 2 aliphatic heterocycles. The van der Waals surface area contributed by atoms with Crippen LogP contribution in [0.25, 0.3) is 0 Å². The van der Waals surface area contributed by atoms with Crippen LogP contribution in [0.1, 0.15) is 79.8 Å². The van der Waals surface area contributed by atoms with Crippen molar-refractivity contribution in [3.63, 3.8) is 0 Å². The van der Waals surface area contributed by atoms with Crippen LogP contribution in [0.3, 0.4) is 0 Å². The maximum absolute atomic E-state index is 12.9. The monoisotopic (exact) mass is 546 g/mol. The summed E-state index contributed by atoms with van der Waals surface area (Å²) in [5.41, 5.74) is 1.89. The molecule has 0 radical (unpaired) electrons. The van der Waals surface area contributed by atoms with Crippen LogP contribution >= 0.6 is 0 Å². The molecule has 0 spiro atoms. The van der Waals surface area contributed by atoms with Gasteiger partial charge in [0, 0.05) is 38.9 Å². The number of carbonyl (C=O) groups is 2. The summed E-state index contributed by atoms with van der Waals surface area (Å²) in [7, 11) is 0. The molecule has 0 saturated carbocycles. The van der Waals surface area contributed by atoms with E-state index in [2.05, 4.69) is 29.0 Å². The van der Waals surface area contributed by atoms with Gasteiger partial charge in [0.05, 0.1) is 22.9 Å². The lowest BCUT2D eigenvalue weighted by molar-refractivity contribution is -0.137. The molecular weight excluding hydrogens is 509 g/mol. The molecule has 7 nitrogen and oxygen atoms in total. The van der Waals surface area contributed by atoms with Gasteiger partial charge in [0.2, 0.25) is 0 Å². The van der Waals surface area contributed by atoms with Crippen LogP contribution in [-0.2, 0) is 24.0 Å². The lowest BCUT2D eigenvalue weighted by atomic mass is 9.99. The Morgan fingerprint density at radius 3 is 2.46 bits per heavy atom. The first-order valence-electron chi connectivity index (χ1n) is 13.4. The average Bonchev–Trinajstić information content (AvgIpc) is 3.45. The summed E-state index contributed by atoms with van der Waals surface area (Å²) < 4.78 is 44.3. The topological polar surface area (TPSA) is 74.8 Å². The van der Waals surface area contributed by atoms with Crippen LogP contribution in [0.5, 0.6) is 0 Å². The highest BCUT2D eigenvalue weighted by atomic mass is 19.4. The maximum atomic E-state index is 12.9. The molecule has 3 heterocycles. The van der Waals surface area contributed by atoms with Crippen LogP contribution in [0.2, 0.25) is 0 Å². The van der Waals surface area contributed by atoms with Crippen molar-refractivity contribution in [2.24, 2.45) is 11.8 Å². The van der Waals surface area contributed by atoms with Crippen LogP contribution in [0.15, 0.2) is 36.5 Å². The zero-order valence-corrected chi connectivity index (χ0v) is 23.1. The molecule has 4 rings (SSSR count). The predicted octanol–water partition coefficient (Wildman–Crippen LogP) is 5.80. The molecular formula is C29H37F3N4O3. The number of hydrogen-bond donors (Lipinski definition) is 1. The average molecular weight is 547 g/mol. The number of amides is 2. The fraction of sp³-hybridized carbons (Fsp3) is 0.552. The van der Waals surface area contributed by atoms with Gasteiger partial charge in [0.1, 0.15) is 5.60 Å². The number of aromatic nitrogens is 1. The fourth-order valence-corrected chi connectivity index (χ4v) is 5.28. The second kappa shape index (κ2) is 11.2. The van der Waals surface area contributed by atoms with E-state index in [4.69, 9.17) is 4.74 Å². The van der Waals surface area contributed by atoms with Crippen molar-refractivity contribution in [1.29, 1.82) is 0 Å². The van der Waals surface area contributed by atoms with Crippen LogP contribution in [0.4, 0.5) is 18.0 Å². The molecule has 2 atom stereocenters. The molecule has 1 N–H and O–H groups in total. The molecule has 1 aromatic heterocycles. The zero-order valence-electron chi connectivity index (χ0n) is 23.1. The molecule has 0 bridgehead atoms. The van der Waals surface area contributed by atoms with Gasteiger partial charge in [0.25, 0.3) is 5.91 Å². The molecule has 10 heteroatoms. The molecule has 212 valence electrons. The number of nitrogens with zero attached hydrogens (tertiary/aromatic N) is 3. The van der Waals surface area contributed by atoms with Crippen LogP contribution in [0, 0.1) is 11.8 Å². The Morgan fingerprint density at radius 1 is 1.15 bits per heavy atom. The van der Waals surface area contributed by atoms with E-state index in [1.54, 1.807) is 11.1 Å². The number of ether oxygens (including phenoxy) is 1. The van der Waals surface area contributed by atoms with Crippen molar-refractivity contribution in [3.05, 3.63) is 64.5 Å². The number of alkyl halides is 3. The largest absolute Gasteiger partial charge is 0.444 e. The molecule has 1 unspecified atom stereocenters. The number of benzene rings is 1. The van der Waals surface area contributed by atoms with Crippen molar-refractivity contribution in [2.45, 2.75) is 71.9 Å². The number of hydrogen-bond acceptors (Lipinski definition) is 5. The van der Waals surface area contributed by atoms with Gasteiger partial charge in [-0.25, -0.2) is 4.79 Å². The van der Waals surface area contributed by atoms with Crippen molar-refractivity contribution >= 4 is 12.0 Å². The van der Waals surface area contributed by atoms with Crippen molar-refractivity contribution in [2.75, 3.05) is 19.6 Å². The van der Waals surface area contributed by atoms with Crippen molar-refractivity contribution in [3.8, 4) is 0 Å². The van der Waals surface area contributed by atoms with Crippen LogP contribution < -0.4 is 5.32 Å². The molecule has 39 heavy (non-hydrogen) atoms. The lowest BCUT2D eigenvalue weighted by Crippen LogP contribution is -2.36. The van der Waals surface area contributed by atoms with Gasteiger partial charge in [0.15, 0.2) is 0 Å². The molecule has 1 saturated heterocycles. The van der Waals surface area contributed by atoms with Gasteiger partial charge in [-0.3, -0.25) is 14.7 Å². The lowest BCUT2D eigenvalue weighted by Gasteiger charge is -2.27. The Kier molecular flexibility index (Phi) is 8.25. The molecule has 2 amide bonds. The SMILES string of the molecule is CC(C)[C@H]1c2ncc(C(=O)NCC3CCN(C(=O)OC(C)(C)C)C3)cc2CN1Cc1ccc(C(F)(F)F)cc1. The number of carbonyl (C=O) groups excluding carboxylic acids is 2. The van der Waals surface area contributed by atoms with Gasteiger partial charge < -0.3 is 15.0 Å². The third-order valence-electron chi connectivity index (χ3n) is 7.10. The second-order valence-corrected chi connectivity index (χ2v) is 11.8. The first kappa shape index (κ1) is 28.9. The van der Waals surface area contributed by atoms with Gasteiger partial charge in [-0.2, -0.15) is 13.2 Å². The summed E-state index contributed by atoms with van der Waals surface area (Å²) in [4.78, 5) is 33.8. The molecule has 1 aromatic carbocycles. The van der Waals surface area contributed by atoms with Gasteiger partial charge in [-0.1, -0.05) is 26.0 Å². The smallest absolute Gasteiger partial charge is 0.416 e. The Balaban J connectivity index is 1.37. The zero-order chi connectivity index (χ0) is 28.5. The van der Waals surface area contributed by atoms with E-state index >= 15 is 0 Å². The molecule has 2 aliphatic rings. The van der Waals surface area contributed by atoms with Crippen LogP contribution in [-0.4, -0.2) is 52.0 Å². The first-order valence-corrected chi connectivity index (χ1v) is 13.4. The predicted molar refractivity (Wildman–Crippen MR) is 141 cm³/mol. The summed E-state index contributed by atoms with van der Waals surface area (Å²) in [6.45, 7) is 12.3. The van der Waals surface area contributed by atoms with E-state index in [9.17, 15) is 22.8 Å². The Bertz CT molecular complexity index is 1190. The summed E-state index contributed by atoms with van der Waals surface area (Å²) in [6, 6.07) is 7.12. The van der Waals surface area contributed by atoms with E-state index < -0.39 is 17.3 Å². The summed E-state index contributed by atoms with van der Waals surface area (Å²) in [5, 5.41) is 2.98. The van der Waals surface area contributed by atoms with Crippen molar-refractivity contribution in [1.82, 2.24) is 20.1 Å². The van der Waals surface area contributed by atoms with E-state index in [1.807, 2.05) is 26.8 Å². The molecule has 2 aromatic rings. The highest BCUT2D eigenvalue weighted by Gasteiger charge is 2.35. The minimum Gasteiger partial charge on any atom is -0.444 e. The van der Waals surface area contributed by atoms with E-state index in [0.29, 0.717) is 38.3 Å². The summed E-state index contributed by atoms with van der Waals surface area (Å²) >= 11 is 0. The maximum Gasteiger partial charge on any atom is 0.416 e. The van der Waals surface area contributed by atoms with Gasteiger partial charge in [-0.05, 0) is 68.4 Å². The number of pyridine rings is 1. The highest BCUT2D eigenvalue weighted by Crippen LogP contribution is 2.39. The van der Waals surface area contributed by atoms with E-state index in [1.165, 1.54) is 12.1 Å². The van der Waals surface area contributed by atoms with Gasteiger partial charge >= 0.3 is 12.3 Å². The minimum atomic E-state index is -4.36. The number of likely N-dealkylation sites (tertiary alicyclic amines) is 1. The van der Waals surface area contributed by atoms with Crippen molar-refractivity contribution < 1.29 is 27.5 Å². The minimum absolute atomic E-state index is 0.00303. The summed E-state index contributed by atoms with van der Waals surface area (Å²) in [5.74, 6) is 0.153. The Morgan fingerprint density at radius 2 is 1.85 bits per heavy atom. The first-order chi connectivity index (χ1) is 18.2. The standard InChI is InChI=1S/C29H37F3N4O3/c1-18(2)25-24-22(17-36(25)15-19-6-8-23(9-7-19)29(30,31)32)12-21(14-33-24)26(37)34-13-20-10-11-35(16-20)27(38)39-28(3,4)5/h6-9,12,14,18,20,25H,10-11,13,15-17H2,1-5H3,(H,34,37)/t20?,25-/m0/s1. The number of nitrogens with one attached hydrogen (secondary N) is 1.